The van der Waals surface area contributed by atoms with Crippen molar-refractivity contribution in [1.29, 1.82) is 0 Å². The lowest BCUT2D eigenvalue weighted by Crippen LogP contribution is -2.46. The quantitative estimate of drug-likeness (QED) is 0.264. The van der Waals surface area contributed by atoms with E-state index in [4.69, 9.17) is 16.3 Å². The number of nitrogens with zero attached hydrogens (tertiary/aromatic N) is 3. The molecule has 11 heteroatoms. The van der Waals surface area contributed by atoms with Gasteiger partial charge in [-0.1, -0.05) is 35.9 Å². The standard InChI is InChI=1S/C29H34ClN5O5/c1-16(27(38)33-25(15-36)17-4-3-5-22(10-17)40-2)35-14-19-7-6-18(11-23(19)28(35)39)26-24(30)13-31-29(34-26)32-20-8-9-21(37)12-20/h3-7,10-11,13,16,20-21,25,28,36-37,39H,8-9,12,14-15H2,1-2H3,(H,33,38)(H,31,32,34)/t16-,20+,21+,25-,28?/m1/s1. The maximum atomic E-state index is 13.2. The molecule has 212 valence electrons. The minimum absolute atomic E-state index is 0.0985. The van der Waals surface area contributed by atoms with Crippen LogP contribution in [-0.2, 0) is 11.3 Å². The summed E-state index contributed by atoms with van der Waals surface area (Å²) >= 11 is 6.46. The molecule has 5 rings (SSSR count). The van der Waals surface area contributed by atoms with Gasteiger partial charge in [0.1, 0.15) is 12.0 Å². The summed E-state index contributed by atoms with van der Waals surface area (Å²) in [4.78, 5) is 23.8. The SMILES string of the molecule is COc1cccc([C@@H](CO)NC(=O)[C@@H](C)N2Cc3ccc(-c4nc(N[C@H]5CC[C@H](O)C5)ncc4Cl)cc3C2O)c1. The van der Waals surface area contributed by atoms with Crippen molar-refractivity contribution < 1.29 is 24.9 Å². The number of fused-ring (bicyclic) bond motifs is 1. The van der Waals surface area contributed by atoms with Gasteiger partial charge < -0.3 is 30.7 Å². The number of nitrogens with one attached hydrogen (secondary N) is 2. The van der Waals surface area contributed by atoms with Gasteiger partial charge in [-0.05, 0) is 55.5 Å². The Morgan fingerprint density at radius 2 is 2.05 bits per heavy atom. The van der Waals surface area contributed by atoms with Crippen molar-refractivity contribution in [2.45, 2.75) is 63.2 Å². The molecule has 2 aliphatic rings. The van der Waals surface area contributed by atoms with Crippen molar-refractivity contribution in [3.63, 3.8) is 0 Å². The van der Waals surface area contributed by atoms with Crippen LogP contribution >= 0.6 is 11.6 Å². The fourth-order valence-electron chi connectivity index (χ4n) is 5.38. The van der Waals surface area contributed by atoms with Gasteiger partial charge in [-0.2, -0.15) is 0 Å². The van der Waals surface area contributed by atoms with Crippen LogP contribution in [0.1, 0.15) is 55.1 Å². The summed E-state index contributed by atoms with van der Waals surface area (Å²) in [5, 5.41) is 37.5. The molecule has 0 radical (unpaired) electrons. The average molecular weight is 568 g/mol. The van der Waals surface area contributed by atoms with Crippen molar-refractivity contribution in [1.82, 2.24) is 20.2 Å². The average Bonchev–Trinajstić information content (AvgIpc) is 3.53. The van der Waals surface area contributed by atoms with Crippen LogP contribution in [0.4, 0.5) is 5.95 Å². The second kappa shape index (κ2) is 12.1. The molecule has 1 aliphatic carbocycles. The molecular weight excluding hydrogens is 534 g/mol. The summed E-state index contributed by atoms with van der Waals surface area (Å²) in [6.45, 7) is 1.82. The number of aliphatic hydroxyl groups excluding tert-OH is 3. The maximum Gasteiger partial charge on any atom is 0.237 e. The Morgan fingerprint density at radius 1 is 1.23 bits per heavy atom. The molecule has 0 spiro atoms. The molecule has 3 aromatic rings. The van der Waals surface area contributed by atoms with E-state index >= 15 is 0 Å². The Bertz CT molecular complexity index is 1370. The lowest BCUT2D eigenvalue weighted by molar-refractivity contribution is -0.131. The first-order valence-corrected chi connectivity index (χ1v) is 13.7. The molecule has 1 aliphatic heterocycles. The van der Waals surface area contributed by atoms with Gasteiger partial charge in [-0.3, -0.25) is 9.69 Å². The van der Waals surface area contributed by atoms with Gasteiger partial charge in [0, 0.05) is 23.7 Å². The molecule has 1 fully saturated rings. The van der Waals surface area contributed by atoms with Gasteiger partial charge >= 0.3 is 0 Å². The summed E-state index contributed by atoms with van der Waals surface area (Å²) in [7, 11) is 1.56. The normalized spacial score (nSPS) is 22.0. The minimum atomic E-state index is -1.02. The number of halogens is 1. The number of hydrogen-bond acceptors (Lipinski definition) is 9. The number of carbonyl (C=O) groups excluding carboxylic acids is 1. The number of benzene rings is 2. The Labute approximate surface area is 238 Å². The number of amides is 1. The van der Waals surface area contributed by atoms with E-state index in [9.17, 15) is 20.1 Å². The largest absolute Gasteiger partial charge is 0.497 e. The van der Waals surface area contributed by atoms with E-state index in [1.807, 2.05) is 24.3 Å². The number of methoxy groups -OCH3 is 1. The lowest BCUT2D eigenvalue weighted by atomic mass is 10.0. The molecule has 0 saturated heterocycles. The molecule has 1 aromatic heterocycles. The van der Waals surface area contributed by atoms with Crippen LogP contribution in [0.5, 0.6) is 5.75 Å². The second-order valence-electron chi connectivity index (χ2n) is 10.4. The molecule has 0 bridgehead atoms. The highest BCUT2D eigenvalue weighted by molar-refractivity contribution is 6.32. The van der Waals surface area contributed by atoms with Crippen LogP contribution in [0.25, 0.3) is 11.3 Å². The zero-order valence-electron chi connectivity index (χ0n) is 22.4. The second-order valence-corrected chi connectivity index (χ2v) is 10.8. The van der Waals surface area contributed by atoms with Crippen LogP contribution in [0.15, 0.2) is 48.7 Å². The smallest absolute Gasteiger partial charge is 0.237 e. The van der Waals surface area contributed by atoms with Crippen LogP contribution in [-0.4, -0.2) is 68.0 Å². The van der Waals surface area contributed by atoms with E-state index in [-0.39, 0.29) is 24.7 Å². The fourth-order valence-corrected chi connectivity index (χ4v) is 5.58. The number of carbonyl (C=O) groups is 1. The first-order chi connectivity index (χ1) is 19.3. The third-order valence-corrected chi connectivity index (χ3v) is 8.00. The maximum absolute atomic E-state index is 13.2. The first kappa shape index (κ1) is 28.3. The van der Waals surface area contributed by atoms with Crippen LogP contribution in [0, 0.1) is 0 Å². The van der Waals surface area contributed by atoms with Crippen molar-refractivity contribution >= 4 is 23.5 Å². The van der Waals surface area contributed by atoms with Gasteiger partial charge in [0.2, 0.25) is 11.9 Å². The van der Waals surface area contributed by atoms with Gasteiger partial charge in [0.05, 0.1) is 48.8 Å². The Kier molecular flexibility index (Phi) is 8.53. The predicted octanol–water partition coefficient (Wildman–Crippen LogP) is 3.18. The highest BCUT2D eigenvalue weighted by atomic mass is 35.5. The number of hydrogen-bond donors (Lipinski definition) is 5. The Balaban J connectivity index is 1.30. The van der Waals surface area contributed by atoms with E-state index in [1.54, 1.807) is 43.3 Å². The van der Waals surface area contributed by atoms with Crippen molar-refractivity contribution in [2.75, 3.05) is 19.0 Å². The topological polar surface area (TPSA) is 140 Å². The van der Waals surface area contributed by atoms with E-state index in [1.165, 1.54) is 0 Å². The highest BCUT2D eigenvalue weighted by Crippen LogP contribution is 2.37. The molecule has 5 atom stereocenters. The monoisotopic (exact) mass is 567 g/mol. The highest BCUT2D eigenvalue weighted by Gasteiger charge is 2.36. The minimum Gasteiger partial charge on any atom is -0.497 e. The van der Waals surface area contributed by atoms with Crippen LogP contribution < -0.4 is 15.4 Å². The van der Waals surface area contributed by atoms with Crippen LogP contribution in [0.2, 0.25) is 5.02 Å². The number of anilines is 1. The molecule has 10 nitrogen and oxygen atoms in total. The number of rotatable bonds is 9. The number of aromatic nitrogens is 2. The fraction of sp³-hybridized carbons (Fsp3) is 0.414. The molecule has 40 heavy (non-hydrogen) atoms. The molecule has 1 saturated carbocycles. The Hall–Kier alpha value is -3.28. The summed E-state index contributed by atoms with van der Waals surface area (Å²) < 4.78 is 5.26. The third kappa shape index (κ3) is 5.91. The summed E-state index contributed by atoms with van der Waals surface area (Å²) in [6, 6.07) is 11.6. The summed E-state index contributed by atoms with van der Waals surface area (Å²) in [5.41, 5.74) is 3.53. The number of ether oxygens (including phenoxy) is 1. The summed E-state index contributed by atoms with van der Waals surface area (Å²) in [5.74, 6) is 0.741. The zero-order chi connectivity index (χ0) is 28.4. The van der Waals surface area contributed by atoms with E-state index in [0.29, 0.717) is 40.9 Å². The molecule has 2 heterocycles. The number of aliphatic hydroxyl groups is 3. The Morgan fingerprint density at radius 3 is 2.77 bits per heavy atom. The van der Waals surface area contributed by atoms with Gasteiger partial charge in [0.25, 0.3) is 0 Å². The van der Waals surface area contributed by atoms with Crippen molar-refractivity contribution in [3.05, 3.63) is 70.4 Å². The predicted molar refractivity (Wildman–Crippen MR) is 151 cm³/mol. The van der Waals surface area contributed by atoms with E-state index in [0.717, 1.165) is 29.5 Å². The van der Waals surface area contributed by atoms with Crippen molar-refractivity contribution in [2.24, 2.45) is 0 Å². The lowest BCUT2D eigenvalue weighted by Gasteiger charge is -2.28. The van der Waals surface area contributed by atoms with Crippen LogP contribution in [0.3, 0.4) is 0 Å². The van der Waals surface area contributed by atoms with Gasteiger partial charge in [-0.25, -0.2) is 9.97 Å². The zero-order valence-corrected chi connectivity index (χ0v) is 23.2. The molecule has 5 N–H and O–H groups in total. The van der Waals surface area contributed by atoms with Gasteiger partial charge in [-0.15, -0.1) is 0 Å². The molecule has 1 amide bonds. The van der Waals surface area contributed by atoms with E-state index < -0.39 is 18.3 Å². The molecule has 2 aromatic carbocycles. The van der Waals surface area contributed by atoms with E-state index in [2.05, 4.69) is 20.6 Å². The molecular formula is C29H34ClN5O5. The molecule has 1 unspecified atom stereocenters. The third-order valence-electron chi connectivity index (χ3n) is 7.72. The first-order valence-electron chi connectivity index (χ1n) is 13.4. The summed E-state index contributed by atoms with van der Waals surface area (Å²) in [6.07, 6.45) is 2.44. The van der Waals surface area contributed by atoms with Gasteiger partial charge in [0.15, 0.2) is 0 Å². The van der Waals surface area contributed by atoms with Crippen molar-refractivity contribution in [3.8, 4) is 17.0 Å².